The van der Waals surface area contributed by atoms with Gasteiger partial charge >= 0.3 is 29.6 Å². The molecule has 82 valence electrons. The molecule has 0 fully saturated rings. The number of nitrogens with two attached hydrogens (primary N) is 1. The number of carbonyl (C=O) groups excluding carboxylic acids is 1. The number of aromatic nitrogens is 2. The van der Waals surface area contributed by atoms with Gasteiger partial charge in [-0.3, -0.25) is 0 Å². The number of hydrogen-bond donors (Lipinski definition) is 1. The van der Waals surface area contributed by atoms with Gasteiger partial charge in [0.1, 0.15) is 12.5 Å². The van der Waals surface area contributed by atoms with Crippen LogP contribution in [0.5, 0.6) is 0 Å². The van der Waals surface area contributed by atoms with Gasteiger partial charge in [0.2, 0.25) is 0 Å². The van der Waals surface area contributed by atoms with Crippen LogP contribution in [0.4, 0.5) is 0 Å². The van der Waals surface area contributed by atoms with Gasteiger partial charge in [0, 0.05) is 6.54 Å². The molecule has 0 unspecified atom stereocenters. The van der Waals surface area contributed by atoms with Gasteiger partial charge in [-0.05, 0) is 0 Å². The van der Waals surface area contributed by atoms with Crippen molar-refractivity contribution < 1.29 is 48.3 Å². The molecule has 2 aromatic rings. The molecule has 0 bridgehead atoms. The molecule has 0 aliphatic rings. The fraction of sp³-hybridized carbons (Fsp3) is 0.125. The van der Waals surface area contributed by atoms with Gasteiger partial charge in [-0.1, -0.05) is 0 Å². The SMILES string of the molecule is NCC(=O)[O-].[Na+].c1cocn1.c1cocn1. The zero-order valence-corrected chi connectivity index (χ0v) is 10.8. The van der Waals surface area contributed by atoms with Crippen LogP contribution in [0, 0.1) is 0 Å². The molecule has 2 heterocycles. The second kappa shape index (κ2) is 13.8. The van der Waals surface area contributed by atoms with Gasteiger partial charge in [-0.15, -0.1) is 0 Å². The monoisotopic (exact) mass is 235 g/mol. The van der Waals surface area contributed by atoms with Crippen LogP contribution in [0.2, 0.25) is 0 Å². The Kier molecular flexibility index (Phi) is 14.9. The molecule has 16 heavy (non-hydrogen) atoms. The van der Waals surface area contributed by atoms with Crippen LogP contribution in [0.3, 0.4) is 0 Å². The number of carboxylic acid groups (broad SMARTS) is 1. The maximum Gasteiger partial charge on any atom is 1.00 e. The number of aliphatic carboxylic acids is 1. The number of nitrogens with zero attached hydrogens (tertiary/aromatic N) is 2. The fourth-order valence-corrected chi connectivity index (χ4v) is 0.351. The van der Waals surface area contributed by atoms with E-state index in [1.807, 2.05) is 0 Å². The third kappa shape index (κ3) is 15.3. The first-order chi connectivity index (χ1) is 7.27. The molecule has 8 heteroatoms. The van der Waals surface area contributed by atoms with Crippen molar-refractivity contribution in [2.45, 2.75) is 0 Å². The van der Waals surface area contributed by atoms with Crippen molar-refractivity contribution >= 4 is 5.97 Å². The molecule has 2 rings (SSSR count). The van der Waals surface area contributed by atoms with E-state index < -0.39 is 5.97 Å². The van der Waals surface area contributed by atoms with E-state index in [4.69, 9.17) is 9.90 Å². The van der Waals surface area contributed by atoms with Crippen LogP contribution >= 0.6 is 0 Å². The van der Waals surface area contributed by atoms with Crippen molar-refractivity contribution in [2.24, 2.45) is 5.73 Å². The summed E-state index contributed by atoms with van der Waals surface area (Å²) < 4.78 is 8.94. The van der Waals surface area contributed by atoms with Gasteiger partial charge in [-0.2, -0.15) is 0 Å². The van der Waals surface area contributed by atoms with Gasteiger partial charge in [-0.25, -0.2) is 9.97 Å². The Hall–Kier alpha value is -1.15. The van der Waals surface area contributed by atoms with Crippen LogP contribution < -0.4 is 40.4 Å². The van der Waals surface area contributed by atoms with E-state index in [1.54, 1.807) is 12.4 Å². The van der Waals surface area contributed by atoms with E-state index in [9.17, 15) is 0 Å². The summed E-state index contributed by atoms with van der Waals surface area (Å²) in [6, 6.07) is 0. The number of hydrogen-bond acceptors (Lipinski definition) is 7. The zero-order chi connectivity index (χ0) is 11.4. The van der Waals surface area contributed by atoms with Crippen LogP contribution in [-0.4, -0.2) is 22.5 Å². The fourth-order valence-electron chi connectivity index (χ4n) is 0.351. The van der Waals surface area contributed by atoms with Crippen LogP contribution in [0.15, 0.2) is 46.5 Å². The number of carboxylic acids is 1. The minimum atomic E-state index is -1.22. The van der Waals surface area contributed by atoms with Crippen molar-refractivity contribution in [3.63, 3.8) is 0 Å². The van der Waals surface area contributed by atoms with Crippen molar-refractivity contribution in [1.82, 2.24) is 9.97 Å². The topological polar surface area (TPSA) is 118 Å². The predicted molar refractivity (Wildman–Crippen MR) is 47.1 cm³/mol. The molecule has 0 saturated carbocycles. The first-order valence-corrected chi connectivity index (χ1v) is 3.81. The van der Waals surface area contributed by atoms with Crippen molar-refractivity contribution in [3.05, 3.63) is 37.7 Å². The van der Waals surface area contributed by atoms with Gasteiger partial charge < -0.3 is 24.5 Å². The van der Waals surface area contributed by atoms with E-state index in [0.29, 0.717) is 0 Å². The number of oxazole rings is 2. The molecule has 2 N–H and O–H groups in total. The summed E-state index contributed by atoms with van der Waals surface area (Å²) in [5.74, 6) is -1.22. The van der Waals surface area contributed by atoms with Crippen LogP contribution in [-0.2, 0) is 4.79 Å². The van der Waals surface area contributed by atoms with Gasteiger partial charge in [0.05, 0.1) is 18.4 Å². The summed E-state index contributed by atoms with van der Waals surface area (Å²) >= 11 is 0. The maximum atomic E-state index is 9.13. The Labute approximate surface area is 114 Å². The van der Waals surface area contributed by atoms with E-state index >= 15 is 0 Å². The molecule has 0 atom stereocenters. The Balaban J connectivity index is 0. The quantitative estimate of drug-likeness (QED) is 0.501. The molecule has 0 radical (unpaired) electrons. The van der Waals surface area contributed by atoms with Gasteiger partial charge in [0.25, 0.3) is 0 Å². The zero-order valence-electron chi connectivity index (χ0n) is 8.78. The number of carbonyl (C=O) groups is 1. The molecular weight excluding hydrogens is 225 g/mol. The normalized spacial score (nSPS) is 7.31. The molecule has 2 aromatic heterocycles. The third-order valence-corrected chi connectivity index (χ3v) is 0.861. The van der Waals surface area contributed by atoms with Crippen molar-refractivity contribution in [1.29, 1.82) is 0 Å². The van der Waals surface area contributed by atoms with E-state index in [2.05, 4.69) is 24.5 Å². The van der Waals surface area contributed by atoms with E-state index in [-0.39, 0.29) is 36.1 Å². The van der Waals surface area contributed by atoms with E-state index in [0.717, 1.165) is 0 Å². The molecule has 0 amide bonds. The second-order valence-electron chi connectivity index (χ2n) is 1.93. The largest absolute Gasteiger partial charge is 1.00 e. The molecule has 0 spiro atoms. The smallest absolute Gasteiger partial charge is 0.549 e. The standard InChI is InChI=1S/2C3H3NO.C2H5NO2.Na/c2*1-2-5-3-4-1;3-1-2(4)5;/h2*1-3H;1,3H2,(H,4,5);/q;;;+1/p-1. The summed E-state index contributed by atoms with van der Waals surface area (Å²) in [7, 11) is 0. The maximum absolute atomic E-state index is 9.13. The molecule has 0 aliphatic carbocycles. The Morgan fingerprint density at radius 2 is 1.56 bits per heavy atom. The Morgan fingerprint density at radius 1 is 1.19 bits per heavy atom. The Morgan fingerprint density at radius 3 is 1.62 bits per heavy atom. The van der Waals surface area contributed by atoms with Crippen LogP contribution in [0.1, 0.15) is 0 Å². The van der Waals surface area contributed by atoms with Crippen LogP contribution in [0.25, 0.3) is 0 Å². The van der Waals surface area contributed by atoms with Crippen molar-refractivity contribution in [2.75, 3.05) is 6.54 Å². The average Bonchev–Trinajstić information content (AvgIpc) is 2.96. The Bertz CT molecular complexity index is 251. The minimum absolute atomic E-state index is 0. The summed E-state index contributed by atoms with van der Waals surface area (Å²) in [5.41, 5.74) is 4.51. The van der Waals surface area contributed by atoms with E-state index in [1.165, 1.54) is 25.3 Å². The summed E-state index contributed by atoms with van der Waals surface area (Å²) in [4.78, 5) is 16.2. The third-order valence-electron chi connectivity index (χ3n) is 0.861. The van der Waals surface area contributed by atoms with Gasteiger partial charge in [0.15, 0.2) is 12.8 Å². The van der Waals surface area contributed by atoms with Crippen molar-refractivity contribution in [3.8, 4) is 0 Å². The predicted octanol–water partition coefficient (Wildman–Crippen LogP) is -3.95. The minimum Gasteiger partial charge on any atom is -0.549 e. The first kappa shape index (κ1) is 17.3. The second-order valence-corrected chi connectivity index (χ2v) is 1.93. The average molecular weight is 235 g/mol. The molecule has 0 aliphatic heterocycles. The molecule has 0 aromatic carbocycles. The summed E-state index contributed by atoms with van der Waals surface area (Å²) in [6.07, 6.45) is 8.94. The molecule has 7 nitrogen and oxygen atoms in total. The molecule has 0 saturated heterocycles. The summed E-state index contributed by atoms with van der Waals surface area (Å²) in [6.45, 7) is -0.389. The summed E-state index contributed by atoms with van der Waals surface area (Å²) in [5, 5.41) is 9.13. The first-order valence-electron chi connectivity index (χ1n) is 3.81. The molecular formula is C8H10N3NaO4. The number of rotatable bonds is 1.